The molecule has 0 saturated heterocycles. The Bertz CT molecular complexity index is 593. The van der Waals surface area contributed by atoms with E-state index in [9.17, 15) is 0 Å². The summed E-state index contributed by atoms with van der Waals surface area (Å²) >= 11 is 0. The molecule has 3 nitrogen and oxygen atoms in total. The topological polar surface area (TPSA) is 59.6 Å². The van der Waals surface area contributed by atoms with Crippen molar-refractivity contribution in [3.8, 4) is 12.1 Å². The molecule has 116 valence electrons. The molecule has 0 radical (unpaired) electrons. The smallest absolute Gasteiger partial charge is 0.145 e. The molecular weight excluding hydrogens is 270 g/mol. The summed E-state index contributed by atoms with van der Waals surface area (Å²) in [4.78, 5) is 0. The number of rotatable bonds is 5. The lowest BCUT2D eigenvalue weighted by atomic mass is 9.87. The minimum Gasteiger partial charge on any atom is -0.359 e. The fourth-order valence-corrected chi connectivity index (χ4v) is 2.36. The molecule has 3 heteroatoms. The molecule has 1 aromatic carbocycles. The molecule has 0 aromatic heterocycles. The van der Waals surface area contributed by atoms with Crippen LogP contribution in [-0.4, -0.2) is 0 Å². The zero-order chi connectivity index (χ0) is 16.9. The largest absolute Gasteiger partial charge is 0.359 e. The first-order valence-corrected chi connectivity index (χ1v) is 7.76. The van der Waals surface area contributed by atoms with Crippen molar-refractivity contribution in [3.63, 3.8) is 0 Å². The predicted molar refractivity (Wildman–Crippen MR) is 91.6 cm³/mol. The van der Waals surface area contributed by atoms with Crippen molar-refractivity contribution in [2.45, 2.75) is 59.3 Å². The highest BCUT2D eigenvalue weighted by molar-refractivity contribution is 5.64. The van der Waals surface area contributed by atoms with Gasteiger partial charge in [0, 0.05) is 11.9 Å². The molecule has 0 unspecified atom stereocenters. The van der Waals surface area contributed by atoms with Crippen LogP contribution in [0.15, 0.2) is 23.9 Å². The monoisotopic (exact) mass is 295 g/mol. The number of hydrogen-bond donors (Lipinski definition) is 1. The van der Waals surface area contributed by atoms with Crippen LogP contribution in [0.5, 0.6) is 0 Å². The van der Waals surface area contributed by atoms with Gasteiger partial charge in [0.2, 0.25) is 0 Å². The van der Waals surface area contributed by atoms with Gasteiger partial charge in [-0.05, 0) is 34.4 Å². The van der Waals surface area contributed by atoms with E-state index in [0.717, 1.165) is 5.69 Å². The maximum Gasteiger partial charge on any atom is 0.145 e. The molecule has 0 fully saturated rings. The van der Waals surface area contributed by atoms with Crippen LogP contribution in [0.25, 0.3) is 0 Å². The third-order valence-corrected chi connectivity index (χ3v) is 3.73. The quantitative estimate of drug-likeness (QED) is 0.740. The first kappa shape index (κ1) is 17.8. The molecule has 0 saturated carbocycles. The van der Waals surface area contributed by atoms with Gasteiger partial charge in [-0.2, -0.15) is 10.5 Å². The molecule has 0 amide bonds. The average Bonchev–Trinajstić information content (AvgIpc) is 2.47. The number of hydrogen-bond acceptors (Lipinski definition) is 3. The molecule has 0 aliphatic carbocycles. The van der Waals surface area contributed by atoms with Crippen LogP contribution in [0, 0.1) is 22.7 Å². The zero-order valence-electron chi connectivity index (χ0n) is 14.4. The summed E-state index contributed by atoms with van der Waals surface area (Å²) in [6, 6.07) is 8.24. The first-order chi connectivity index (χ1) is 10.3. The Morgan fingerprint density at radius 2 is 1.36 bits per heavy atom. The zero-order valence-corrected chi connectivity index (χ0v) is 14.4. The Labute approximate surface area is 134 Å². The molecule has 22 heavy (non-hydrogen) atoms. The van der Waals surface area contributed by atoms with Gasteiger partial charge in [-0.15, -0.1) is 0 Å². The SMILES string of the molecule is CC(C)c1cc(C(C)C)c(NC=C(C#N)C#N)c(C(C)C)c1. The highest BCUT2D eigenvalue weighted by Gasteiger charge is 2.16. The molecule has 1 aromatic rings. The van der Waals surface area contributed by atoms with Crippen molar-refractivity contribution in [1.82, 2.24) is 0 Å². The van der Waals surface area contributed by atoms with Gasteiger partial charge in [-0.25, -0.2) is 0 Å². The number of nitriles is 2. The van der Waals surface area contributed by atoms with Crippen LogP contribution in [0.3, 0.4) is 0 Å². The maximum absolute atomic E-state index is 8.90. The summed E-state index contributed by atoms with van der Waals surface area (Å²) < 4.78 is 0. The molecule has 0 atom stereocenters. The van der Waals surface area contributed by atoms with Crippen molar-refractivity contribution in [3.05, 3.63) is 40.6 Å². The van der Waals surface area contributed by atoms with Gasteiger partial charge < -0.3 is 5.32 Å². The highest BCUT2D eigenvalue weighted by atomic mass is 14.9. The van der Waals surface area contributed by atoms with Crippen molar-refractivity contribution in [1.29, 1.82) is 10.5 Å². The second kappa shape index (κ2) is 7.66. The van der Waals surface area contributed by atoms with E-state index in [-0.39, 0.29) is 5.57 Å². The number of anilines is 1. The minimum absolute atomic E-state index is 0.0809. The molecule has 0 aliphatic rings. The lowest BCUT2D eigenvalue weighted by Crippen LogP contribution is -2.06. The highest BCUT2D eigenvalue weighted by Crippen LogP contribution is 2.36. The summed E-state index contributed by atoms with van der Waals surface area (Å²) in [6.07, 6.45) is 1.50. The average molecular weight is 295 g/mol. The Hall–Kier alpha value is -2.26. The lowest BCUT2D eigenvalue weighted by Gasteiger charge is -2.22. The maximum atomic E-state index is 8.90. The number of benzene rings is 1. The Kier molecular flexibility index (Phi) is 6.20. The van der Waals surface area contributed by atoms with Gasteiger partial charge >= 0.3 is 0 Å². The van der Waals surface area contributed by atoms with E-state index in [0.29, 0.717) is 17.8 Å². The standard InChI is InChI=1S/C19H25N3/c1-12(2)16-7-17(13(3)4)19(18(8-16)14(5)6)22-11-15(9-20)10-21/h7-8,11-14,22H,1-6H3. The Morgan fingerprint density at radius 3 is 1.68 bits per heavy atom. The first-order valence-electron chi connectivity index (χ1n) is 7.76. The summed E-state index contributed by atoms with van der Waals surface area (Å²) in [7, 11) is 0. The predicted octanol–water partition coefficient (Wildman–Crippen LogP) is 5.40. The number of nitrogens with zero attached hydrogens (tertiary/aromatic N) is 2. The van der Waals surface area contributed by atoms with Gasteiger partial charge in [0.15, 0.2) is 0 Å². The van der Waals surface area contributed by atoms with Gasteiger partial charge in [0.25, 0.3) is 0 Å². The van der Waals surface area contributed by atoms with Gasteiger partial charge in [0.1, 0.15) is 17.7 Å². The van der Waals surface area contributed by atoms with E-state index in [1.165, 1.54) is 22.9 Å². The third kappa shape index (κ3) is 4.12. The van der Waals surface area contributed by atoms with Crippen LogP contribution < -0.4 is 5.32 Å². The normalized spacial score (nSPS) is 10.5. The van der Waals surface area contributed by atoms with Gasteiger partial charge in [-0.1, -0.05) is 53.7 Å². The van der Waals surface area contributed by atoms with Gasteiger partial charge in [0.05, 0.1) is 0 Å². The van der Waals surface area contributed by atoms with E-state index in [4.69, 9.17) is 10.5 Å². The summed E-state index contributed by atoms with van der Waals surface area (Å²) in [5.74, 6) is 1.19. The third-order valence-electron chi connectivity index (χ3n) is 3.73. The van der Waals surface area contributed by atoms with E-state index in [1.807, 2.05) is 12.1 Å². The van der Waals surface area contributed by atoms with Crippen LogP contribution >= 0.6 is 0 Å². The molecule has 0 bridgehead atoms. The van der Waals surface area contributed by atoms with Crippen LogP contribution in [0.1, 0.15) is 76.0 Å². The van der Waals surface area contributed by atoms with E-state index < -0.39 is 0 Å². The van der Waals surface area contributed by atoms with Gasteiger partial charge in [-0.3, -0.25) is 0 Å². The lowest BCUT2D eigenvalue weighted by molar-refractivity contribution is 0.807. The Morgan fingerprint density at radius 1 is 0.909 bits per heavy atom. The van der Waals surface area contributed by atoms with Crippen molar-refractivity contribution in [2.75, 3.05) is 5.32 Å². The second-order valence-electron chi connectivity index (χ2n) is 6.46. The molecular formula is C19H25N3. The number of nitrogens with one attached hydrogen (secondary N) is 1. The Balaban J connectivity index is 3.49. The molecule has 1 N–H and O–H groups in total. The van der Waals surface area contributed by atoms with Crippen LogP contribution in [0.4, 0.5) is 5.69 Å². The van der Waals surface area contributed by atoms with Crippen LogP contribution in [-0.2, 0) is 0 Å². The molecule has 0 heterocycles. The van der Waals surface area contributed by atoms with Crippen molar-refractivity contribution >= 4 is 5.69 Å². The van der Waals surface area contributed by atoms with Crippen molar-refractivity contribution < 1.29 is 0 Å². The number of allylic oxidation sites excluding steroid dienone is 1. The summed E-state index contributed by atoms with van der Waals surface area (Å²) in [5.41, 5.74) is 4.88. The van der Waals surface area contributed by atoms with E-state index in [2.05, 4.69) is 59.0 Å². The van der Waals surface area contributed by atoms with Crippen LogP contribution in [0.2, 0.25) is 0 Å². The van der Waals surface area contributed by atoms with E-state index >= 15 is 0 Å². The molecule has 1 rings (SSSR count). The molecule has 0 aliphatic heterocycles. The van der Waals surface area contributed by atoms with E-state index in [1.54, 1.807) is 0 Å². The summed E-state index contributed by atoms with van der Waals surface area (Å²) in [5, 5.41) is 21.0. The van der Waals surface area contributed by atoms with Crippen molar-refractivity contribution in [2.24, 2.45) is 0 Å². The fourth-order valence-electron chi connectivity index (χ4n) is 2.36. The minimum atomic E-state index is 0.0809. The summed E-state index contributed by atoms with van der Waals surface area (Å²) in [6.45, 7) is 13.0. The fraction of sp³-hybridized carbons (Fsp3) is 0.474. The molecule has 0 spiro atoms. The second-order valence-corrected chi connectivity index (χ2v) is 6.46.